The number of oxazole rings is 1. The first-order valence-corrected chi connectivity index (χ1v) is 8.74. The van der Waals surface area contributed by atoms with Crippen LogP contribution >= 0.6 is 0 Å². The van der Waals surface area contributed by atoms with Crippen LogP contribution in [0.4, 0.5) is 0 Å². The van der Waals surface area contributed by atoms with Gasteiger partial charge < -0.3 is 9.15 Å². The summed E-state index contributed by atoms with van der Waals surface area (Å²) < 4.78 is 11.7. The number of benzene rings is 1. The van der Waals surface area contributed by atoms with Crippen molar-refractivity contribution < 1.29 is 9.15 Å². The van der Waals surface area contributed by atoms with Gasteiger partial charge in [0.05, 0.1) is 11.7 Å². The molecule has 3 heterocycles. The van der Waals surface area contributed by atoms with E-state index in [0.717, 1.165) is 47.0 Å². The molecule has 0 amide bonds. The minimum Gasteiger partial charge on any atom is -0.486 e. The van der Waals surface area contributed by atoms with Crippen molar-refractivity contribution in [2.24, 2.45) is 0 Å². The van der Waals surface area contributed by atoms with E-state index >= 15 is 0 Å². The predicted octanol–water partition coefficient (Wildman–Crippen LogP) is 3.94. The number of nitrogens with zero attached hydrogens (tertiary/aromatic N) is 4. The van der Waals surface area contributed by atoms with Crippen LogP contribution in [-0.4, -0.2) is 20.2 Å². The molecule has 1 aliphatic carbocycles. The zero-order chi connectivity index (χ0) is 18.2. The fraction of sp³-hybridized carbons (Fsp3) is 0.200. The summed E-state index contributed by atoms with van der Waals surface area (Å²) in [6.45, 7) is 0. The summed E-state index contributed by atoms with van der Waals surface area (Å²) in [5.74, 6) is 1.36. The Bertz CT molecular complexity index is 1160. The van der Waals surface area contributed by atoms with E-state index in [1.165, 1.54) is 6.39 Å². The first-order valence-electron chi connectivity index (χ1n) is 8.74. The highest BCUT2D eigenvalue weighted by molar-refractivity contribution is 5.92. The van der Waals surface area contributed by atoms with Gasteiger partial charge in [-0.25, -0.2) is 9.97 Å². The van der Waals surface area contributed by atoms with E-state index in [9.17, 15) is 0 Å². The van der Waals surface area contributed by atoms with Crippen LogP contribution in [0.25, 0.3) is 22.4 Å². The van der Waals surface area contributed by atoms with Gasteiger partial charge in [0, 0.05) is 17.1 Å². The minimum atomic E-state index is -0.0768. The lowest BCUT2D eigenvalue weighted by Crippen LogP contribution is -2.16. The van der Waals surface area contributed by atoms with E-state index in [1.807, 2.05) is 24.3 Å². The number of pyridine rings is 1. The molecule has 1 aliphatic rings. The lowest BCUT2D eigenvalue weighted by molar-refractivity contribution is 0.183. The van der Waals surface area contributed by atoms with E-state index in [4.69, 9.17) is 14.4 Å². The zero-order valence-corrected chi connectivity index (χ0v) is 14.3. The van der Waals surface area contributed by atoms with Gasteiger partial charge in [0.15, 0.2) is 12.2 Å². The highest BCUT2D eigenvalue weighted by Gasteiger charge is 2.23. The van der Waals surface area contributed by atoms with Crippen LogP contribution in [-0.2, 0) is 6.42 Å². The molecule has 0 bridgehead atoms. The Morgan fingerprint density at radius 2 is 2.22 bits per heavy atom. The number of nitrogens with one attached hydrogen (secondary N) is 1. The molecule has 27 heavy (non-hydrogen) atoms. The maximum absolute atomic E-state index is 9.06. The second-order valence-corrected chi connectivity index (χ2v) is 6.52. The number of H-pyrrole nitrogens is 1. The highest BCUT2D eigenvalue weighted by Crippen LogP contribution is 2.35. The molecule has 0 spiro atoms. The fourth-order valence-corrected chi connectivity index (χ4v) is 3.58. The SMILES string of the molecule is N#Cc1cc2c(cn1)C(Oc1ccc3[nH]nc(-c4cnco4)c3c1)CCC2. The van der Waals surface area contributed by atoms with Crippen LogP contribution in [0.1, 0.15) is 35.8 Å². The van der Waals surface area contributed by atoms with Crippen LogP contribution in [0.2, 0.25) is 0 Å². The average molecular weight is 357 g/mol. The molecule has 0 radical (unpaired) electrons. The van der Waals surface area contributed by atoms with Crippen LogP contribution in [0.5, 0.6) is 5.75 Å². The van der Waals surface area contributed by atoms with E-state index in [2.05, 4.69) is 26.2 Å². The Hall–Kier alpha value is -3.66. The molecule has 5 rings (SSSR count). The van der Waals surface area contributed by atoms with Gasteiger partial charge in [0.1, 0.15) is 29.3 Å². The second-order valence-electron chi connectivity index (χ2n) is 6.52. The molecule has 1 aromatic carbocycles. The smallest absolute Gasteiger partial charge is 0.181 e. The van der Waals surface area contributed by atoms with Gasteiger partial charge in [0.25, 0.3) is 0 Å². The molecule has 132 valence electrons. The van der Waals surface area contributed by atoms with Crippen molar-refractivity contribution in [1.82, 2.24) is 20.2 Å². The maximum Gasteiger partial charge on any atom is 0.181 e. The summed E-state index contributed by atoms with van der Waals surface area (Å²) in [4.78, 5) is 8.17. The van der Waals surface area contributed by atoms with Gasteiger partial charge in [-0.15, -0.1) is 0 Å². The minimum absolute atomic E-state index is 0.0768. The summed E-state index contributed by atoms with van der Waals surface area (Å²) in [6.07, 6.45) is 7.60. The molecule has 0 saturated carbocycles. The number of aromatic amines is 1. The van der Waals surface area contributed by atoms with Crippen molar-refractivity contribution in [2.75, 3.05) is 0 Å². The monoisotopic (exact) mass is 357 g/mol. The molecule has 4 aromatic rings. The van der Waals surface area contributed by atoms with Gasteiger partial charge in [-0.1, -0.05) is 0 Å². The fourth-order valence-electron chi connectivity index (χ4n) is 3.58. The Kier molecular flexibility index (Phi) is 3.61. The van der Waals surface area contributed by atoms with Gasteiger partial charge >= 0.3 is 0 Å². The standard InChI is InChI=1S/C20H15N5O2/c21-8-13-6-12-2-1-3-18(16(12)9-23-13)27-14-4-5-17-15(7-14)20(25-24-17)19-10-22-11-26-19/h4-7,9-11,18H,1-3H2,(H,24,25). The van der Waals surface area contributed by atoms with Crippen LogP contribution in [0.15, 0.2) is 47.5 Å². The Labute approximate surface area is 154 Å². The molecular weight excluding hydrogens is 342 g/mol. The largest absolute Gasteiger partial charge is 0.486 e. The van der Waals surface area contributed by atoms with E-state index < -0.39 is 0 Å². The molecule has 1 atom stereocenters. The third-order valence-corrected chi connectivity index (χ3v) is 4.88. The maximum atomic E-state index is 9.06. The van der Waals surface area contributed by atoms with Crippen molar-refractivity contribution in [1.29, 1.82) is 5.26 Å². The lowest BCUT2D eigenvalue weighted by atomic mass is 9.90. The molecule has 0 fully saturated rings. The first-order chi connectivity index (χ1) is 13.3. The highest BCUT2D eigenvalue weighted by atomic mass is 16.5. The summed E-state index contributed by atoms with van der Waals surface area (Å²) in [5, 5.41) is 17.3. The van der Waals surface area contributed by atoms with Crippen molar-refractivity contribution in [2.45, 2.75) is 25.4 Å². The van der Waals surface area contributed by atoms with Gasteiger partial charge in [0.2, 0.25) is 0 Å². The number of ether oxygens (including phenoxy) is 1. The average Bonchev–Trinajstić information content (AvgIpc) is 3.37. The molecule has 1 unspecified atom stereocenters. The molecule has 7 heteroatoms. The second kappa shape index (κ2) is 6.25. The normalized spacial score (nSPS) is 16.0. The van der Waals surface area contributed by atoms with E-state index in [0.29, 0.717) is 17.1 Å². The summed E-state index contributed by atoms with van der Waals surface area (Å²) in [6, 6.07) is 9.80. The Morgan fingerprint density at radius 3 is 3.07 bits per heavy atom. The molecule has 7 nitrogen and oxygen atoms in total. The number of aromatic nitrogens is 4. The van der Waals surface area contributed by atoms with Crippen molar-refractivity contribution in [3.8, 4) is 23.3 Å². The van der Waals surface area contributed by atoms with E-state index in [1.54, 1.807) is 12.4 Å². The number of nitriles is 1. The van der Waals surface area contributed by atoms with Crippen LogP contribution in [0, 0.1) is 11.3 Å². The third-order valence-electron chi connectivity index (χ3n) is 4.88. The van der Waals surface area contributed by atoms with Crippen molar-refractivity contribution in [3.05, 3.63) is 59.9 Å². The number of aryl methyl sites for hydroxylation is 1. The summed E-state index contributed by atoms with van der Waals surface area (Å²) >= 11 is 0. The first kappa shape index (κ1) is 15.6. The molecule has 3 aromatic heterocycles. The molecule has 1 N–H and O–H groups in total. The number of hydrogen-bond donors (Lipinski definition) is 1. The van der Waals surface area contributed by atoms with Crippen LogP contribution < -0.4 is 4.74 Å². The Balaban J connectivity index is 1.49. The number of rotatable bonds is 3. The topological polar surface area (TPSA) is 101 Å². The predicted molar refractivity (Wildman–Crippen MR) is 96.8 cm³/mol. The van der Waals surface area contributed by atoms with Crippen LogP contribution in [0.3, 0.4) is 0 Å². The zero-order valence-electron chi connectivity index (χ0n) is 14.3. The number of hydrogen-bond acceptors (Lipinski definition) is 6. The Morgan fingerprint density at radius 1 is 1.26 bits per heavy atom. The van der Waals surface area contributed by atoms with Gasteiger partial charge in [-0.2, -0.15) is 10.4 Å². The lowest BCUT2D eigenvalue weighted by Gasteiger charge is -2.26. The number of fused-ring (bicyclic) bond motifs is 2. The van der Waals surface area contributed by atoms with Crippen molar-refractivity contribution >= 4 is 10.9 Å². The molecular formula is C20H15N5O2. The molecule has 0 saturated heterocycles. The molecule has 0 aliphatic heterocycles. The van der Waals surface area contributed by atoms with Crippen molar-refractivity contribution in [3.63, 3.8) is 0 Å². The third kappa shape index (κ3) is 2.72. The van der Waals surface area contributed by atoms with Gasteiger partial charge in [-0.3, -0.25) is 5.10 Å². The quantitative estimate of drug-likeness (QED) is 0.596. The summed E-state index contributed by atoms with van der Waals surface area (Å²) in [7, 11) is 0. The summed E-state index contributed by atoms with van der Waals surface area (Å²) in [5.41, 5.74) is 4.26. The van der Waals surface area contributed by atoms with E-state index in [-0.39, 0.29) is 6.10 Å². The van der Waals surface area contributed by atoms with Gasteiger partial charge in [-0.05, 0) is 49.1 Å².